The summed E-state index contributed by atoms with van der Waals surface area (Å²) in [4.78, 5) is 54.5. The summed E-state index contributed by atoms with van der Waals surface area (Å²) >= 11 is 0. The van der Waals surface area contributed by atoms with Gasteiger partial charge in [0, 0.05) is 58.0 Å². The Morgan fingerprint density at radius 3 is 2.31 bits per heavy atom. The van der Waals surface area contributed by atoms with Gasteiger partial charge in [-0.1, -0.05) is 12.8 Å². The highest BCUT2D eigenvalue weighted by Crippen LogP contribution is 2.21. The number of hydrogen-bond donors (Lipinski definition) is 1. The maximum atomic E-state index is 13.0. The van der Waals surface area contributed by atoms with E-state index in [1.807, 2.05) is 4.90 Å². The van der Waals surface area contributed by atoms with Crippen LogP contribution in [0.25, 0.3) is 0 Å². The molecule has 3 saturated heterocycles. The Labute approximate surface area is 172 Å². The minimum atomic E-state index is -0.0827. The lowest BCUT2D eigenvalue weighted by Gasteiger charge is -2.35. The Morgan fingerprint density at radius 2 is 1.59 bits per heavy atom. The molecule has 0 aliphatic carbocycles. The van der Waals surface area contributed by atoms with E-state index in [9.17, 15) is 19.2 Å². The molecule has 0 unspecified atom stereocenters. The third kappa shape index (κ3) is 6.18. The normalized spacial score (nSPS) is 23.0. The smallest absolute Gasteiger partial charge is 0.242 e. The molecule has 0 aromatic rings. The zero-order valence-electron chi connectivity index (χ0n) is 17.4. The molecular formula is C21H34N4O4. The first-order valence-corrected chi connectivity index (χ1v) is 11.2. The summed E-state index contributed by atoms with van der Waals surface area (Å²) in [5, 5.41) is 2.92. The highest BCUT2D eigenvalue weighted by molar-refractivity contribution is 5.86. The van der Waals surface area contributed by atoms with Gasteiger partial charge in [-0.25, -0.2) is 0 Å². The van der Waals surface area contributed by atoms with Gasteiger partial charge in [-0.3, -0.25) is 19.2 Å². The van der Waals surface area contributed by atoms with E-state index >= 15 is 0 Å². The van der Waals surface area contributed by atoms with E-state index in [4.69, 9.17) is 0 Å². The number of carbonyl (C=O) groups excluding carboxylic acids is 4. The lowest BCUT2D eigenvalue weighted by molar-refractivity contribution is -0.143. The number of nitrogens with zero attached hydrogens (tertiary/aromatic N) is 3. The standard InChI is InChI=1S/C21H34N4O4/c26-18-9-15-24(11-4-2-1-3-10-22-18)21(29)17-7-13-23(14-8-17)20(28)16-25-12-5-6-19(25)27/h17H,1-16H2,(H,22,26). The van der Waals surface area contributed by atoms with Gasteiger partial charge in [-0.05, 0) is 32.1 Å². The fourth-order valence-corrected chi connectivity index (χ4v) is 4.43. The van der Waals surface area contributed by atoms with Gasteiger partial charge < -0.3 is 20.0 Å². The monoisotopic (exact) mass is 406 g/mol. The Balaban J connectivity index is 1.47. The van der Waals surface area contributed by atoms with Crippen LogP contribution >= 0.6 is 0 Å². The van der Waals surface area contributed by atoms with Gasteiger partial charge in [0.1, 0.15) is 0 Å². The third-order valence-corrected chi connectivity index (χ3v) is 6.29. The van der Waals surface area contributed by atoms with Crippen LogP contribution in [0, 0.1) is 5.92 Å². The van der Waals surface area contributed by atoms with Crippen LogP contribution in [0.4, 0.5) is 0 Å². The summed E-state index contributed by atoms with van der Waals surface area (Å²) in [6.07, 6.45) is 7.14. The van der Waals surface area contributed by atoms with Gasteiger partial charge in [0.25, 0.3) is 0 Å². The first-order valence-electron chi connectivity index (χ1n) is 11.2. The quantitative estimate of drug-likeness (QED) is 0.749. The van der Waals surface area contributed by atoms with E-state index in [0.717, 1.165) is 38.6 Å². The van der Waals surface area contributed by atoms with Gasteiger partial charge in [0.15, 0.2) is 0 Å². The number of rotatable bonds is 3. The van der Waals surface area contributed by atoms with Gasteiger partial charge in [0.05, 0.1) is 6.54 Å². The van der Waals surface area contributed by atoms with Crippen LogP contribution < -0.4 is 5.32 Å². The van der Waals surface area contributed by atoms with Crippen molar-refractivity contribution in [2.75, 3.05) is 45.8 Å². The second-order valence-electron chi connectivity index (χ2n) is 8.41. The zero-order chi connectivity index (χ0) is 20.6. The molecule has 0 spiro atoms. The third-order valence-electron chi connectivity index (χ3n) is 6.29. The molecule has 0 saturated carbocycles. The Hall–Kier alpha value is -2.12. The van der Waals surface area contributed by atoms with Crippen molar-refractivity contribution in [3.05, 3.63) is 0 Å². The summed E-state index contributed by atoms with van der Waals surface area (Å²) in [5.41, 5.74) is 0. The fourth-order valence-electron chi connectivity index (χ4n) is 4.43. The molecule has 162 valence electrons. The van der Waals surface area contributed by atoms with Crippen molar-refractivity contribution in [3.63, 3.8) is 0 Å². The lowest BCUT2D eigenvalue weighted by atomic mass is 9.95. The number of likely N-dealkylation sites (tertiary alicyclic amines) is 2. The summed E-state index contributed by atoms with van der Waals surface area (Å²) < 4.78 is 0. The van der Waals surface area contributed by atoms with Crippen molar-refractivity contribution in [3.8, 4) is 0 Å². The second kappa shape index (κ2) is 10.6. The molecule has 0 aromatic carbocycles. The molecule has 0 atom stereocenters. The maximum absolute atomic E-state index is 13.0. The number of piperidine rings is 1. The molecule has 3 fully saturated rings. The van der Waals surface area contributed by atoms with E-state index in [0.29, 0.717) is 58.4 Å². The minimum Gasteiger partial charge on any atom is -0.356 e. The van der Waals surface area contributed by atoms with Crippen molar-refractivity contribution in [2.45, 2.75) is 57.8 Å². The van der Waals surface area contributed by atoms with Crippen LogP contribution in [0.5, 0.6) is 0 Å². The average Bonchev–Trinajstić information content (AvgIpc) is 3.11. The number of carbonyl (C=O) groups is 4. The van der Waals surface area contributed by atoms with E-state index in [1.54, 1.807) is 9.80 Å². The van der Waals surface area contributed by atoms with Gasteiger partial charge in [-0.2, -0.15) is 0 Å². The van der Waals surface area contributed by atoms with E-state index < -0.39 is 0 Å². The number of hydrogen-bond acceptors (Lipinski definition) is 4. The van der Waals surface area contributed by atoms with E-state index in [2.05, 4.69) is 5.32 Å². The highest BCUT2D eigenvalue weighted by atomic mass is 16.2. The summed E-state index contributed by atoms with van der Waals surface area (Å²) in [6.45, 7) is 3.86. The Kier molecular flexibility index (Phi) is 7.89. The number of amides is 4. The molecule has 3 aliphatic heterocycles. The predicted molar refractivity (Wildman–Crippen MR) is 108 cm³/mol. The Bertz CT molecular complexity index is 616. The topological polar surface area (TPSA) is 90.0 Å². The number of nitrogens with one attached hydrogen (secondary N) is 1. The molecule has 0 radical (unpaired) electrons. The van der Waals surface area contributed by atoms with Crippen LogP contribution in [-0.4, -0.2) is 84.1 Å². The van der Waals surface area contributed by atoms with Gasteiger partial charge in [-0.15, -0.1) is 0 Å². The van der Waals surface area contributed by atoms with Crippen molar-refractivity contribution >= 4 is 23.6 Å². The zero-order valence-corrected chi connectivity index (χ0v) is 17.4. The van der Waals surface area contributed by atoms with Crippen LogP contribution in [0.3, 0.4) is 0 Å². The van der Waals surface area contributed by atoms with Gasteiger partial charge >= 0.3 is 0 Å². The first kappa shape index (κ1) is 21.6. The summed E-state index contributed by atoms with van der Waals surface area (Å²) in [6, 6.07) is 0. The SMILES string of the molecule is O=C1CCN(C(=O)C2CCN(C(=O)CN3CCCC3=O)CC2)CCCCCCN1. The molecule has 3 aliphatic rings. The van der Waals surface area contributed by atoms with E-state index in [1.165, 1.54) is 0 Å². The molecule has 0 bridgehead atoms. The summed E-state index contributed by atoms with van der Waals surface area (Å²) in [5.74, 6) is 0.103. The van der Waals surface area contributed by atoms with Crippen molar-refractivity contribution in [1.82, 2.24) is 20.0 Å². The van der Waals surface area contributed by atoms with Crippen LogP contribution in [0.2, 0.25) is 0 Å². The molecule has 1 N–H and O–H groups in total. The molecular weight excluding hydrogens is 372 g/mol. The summed E-state index contributed by atoms with van der Waals surface area (Å²) in [7, 11) is 0. The molecule has 3 rings (SSSR count). The van der Waals surface area contributed by atoms with Crippen molar-refractivity contribution in [2.24, 2.45) is 5.92 Å². The molecule has 4 amide bonds. The Morgan fingerprint density at radius 1 is 0.828 bits per heavy atom. The average molecular weight is 407 g/mol. The van der Waals surface area contributed by atoms with Crippen LogP contribution in [0.15, 0.2) is 0 Å². The van der Waals surface area contributed by atoms with Crippen LogP contribution in [0.1, 0.15) is 57.8 Å². The highest BCUT2D eigenvalue weighted by Gasteiger charge is 2.32. The van der Waals surface area contributed by atoms with Crippen LogP contribution in [-0.2, 0) is 19.2 Å². The predicted octanol–water partition coefficient (Wildman–Crippen LogP) is 0.756. The minimum absolute atomic E-state index is 0.0153. The second-order valence-corrected chi connectivity index (χ2v) is 8.41. The van der Waals surface area contributed by atoms with E-state index in [-0.39, 0.29) is 36.1 Å². The lowest BCUT2D eigenvalue weighted by Crippen LogP contribution is -2.47. The maximum Gasteiger partial charge on any atom is 0.242 e. The van der Waals surface area contributed by atoms with Crippen molar-refractivity contribution in [1.29, 1.82) is 0 Å². The van der Waals surface area contributed by atoms with Gasteiger partial charge in [0.2, 0.25) is 23.6 Å². The van der Waals surface area contributed by atoms with Crippen molar-refractivity contribution < 1.29 is 19.2 Å². The largest absolute Gasteiger partial charge is 0.356 e. The molecule has 8 heteroatoms. The molecule has 8 nitrogen and oxygen atoms in total. The molecule has 0 aromatic heterocycles. The molecule has 29 heavy (non-hydrogen) atoms. The first-order chi connectivity index (χ1) is 14.0. The molecule has 3 heterocycles. The fraction of sp³-hybridized carbons (Fsp3) is 0.810.